The highest BCUT2D eigenvalue weighted by Gasteiger charge is 2.36. The molecule has 4 amide bonds. The van der Waals surface area contributed by atoms with Gasteiger partial charge in [0.25, 0.3) is 5.91 Å². The number of primary amides is 1. The maximum Gasteiger partial charge on any atom is 0.407 e. The number of hydrogen-bond acceptors (Lipinski definition) is 10. The Bertz CT molecular complexity index is 2000. The number of carbonyl (C=O) groups excluding carboxylic acids is 4. The third kappa shape index (κ3) is 10.8. The monoisotopic (exact) mass is 778 g/mol. The Kier molecular flexibility index (Phi) is 13.0. The van der Waals surface area contributed by atoms with Gasteiger partial charge < -0.3 is 26.0 Å². The number of aryl methyl sites for hydroxylation is 1. The number of anilines is 1. The second-order valence-corrected chi connectivity index (χ2v) is 16.3. The summed E-state index contributed by atoms with van der Waals surface area (Å²) in [6.07, 6.45) is 4.23. The Hall–Kier alpha value is -5.70. The van der Waals surface area contributed by atoms with Gasteiger partial charge in [-0.3, -0.25) is 19.3 Å². The molecule has 1 saturated heterocycles. The van der Waals surface area contributed by atoms with Crippen molar-refractivity contribution in [3.63, 3.8) is 0 Å². The first-order chi connectivity index (χ1) is 27.2. The molecule has 2 aliphatic rings. The van der Waals surface area contributed by atoms with Crippen molar-refractivity contribution in [3.05, 3.63) is 77.6 Å². The number of alkyl carbamates (subject to hydrolysis) is 1. The molecule has 0 unspecified atom stereocenters. The van der Waals surface area contributed by atoms with Crippen molar-refractivity contribution in [3.8, 4) is 22.5 Å². The van der Waals surface area contributed by atoms with Gasteiger partial charge in [-0.05, 0) is 139 Å². The van der Waals surface area contributed by atoms with Crippen LogP contribution in [-0.2, 0) is 20.7 Å². The molecule has 6 rings (SSSR count). The van der Waals surface area contributed by atoms with E-state index in [4.69, 9.17) is 10.5 Å². The van der Waals surface area contributed by atoms with Gasteiger partial charge in [-0.25, -0.2) is 9.78 Å². The molecular formula is C42H54N10O5. The first kappa shape index (κ1) is 40.9. The predicted molar refractivity (Wildman–Crippen MR) is 216 cm³/mol. The van der Waals surface area contributed by atoms with E-state index in [-0.39, 0.29) is 36.1 Å². The summed E-state index contributed by atoms with van der Waals surface area (Å²) in [5.41, 5.74) is 10.5. The van der Waals surface area contributed by atoms with Crippen LogP contribution in [0.1, 0.15) is 81.0 Å². The molecule has 1 atom stereocenters. The van der Waals surface area contributed by atoms with E-state index >= 15 is 0 Å². The maximum atomic E-state index is 14.5. The van der Waals surface area contributed by atoms with Crippen LogP contribution in [-0.4, -0.2) is 98.7 Å². The maximum absolute atomic E-state index is 14.5. The summed E-state index contributed by atoms with van der Waals surface area (Å²) in [5, 5.41) is 20.2. The van der Waals surface area contributed by atoms with Crippen molar-refractivity contribution < 1.29 is 23.9 Å². The molecule has 1 saturated carbocycles. The van der Waals surface area contributed by atoms with Crippen LogP contribution < -0.4 is 21.3 Å². The number of carbonyl (C=O) groups is 4. The molecule has 1 aliphatic carbocycles. The molecule has 0 spiro atoms. The number of nitrogens with zero attached hydrogens (tertiary/aromatic N) is 6. The number of tetrazole rings is 1. The van der Waals surface area contributed by atoms with Crippen LogP contribution in [0.2, 0.25) is 0 Å². The van der Waals surface area contributed by atoms with Gasteiger partial charge in [0.2, 0.25) is 17.6 Å². The lowest BCUT2D eigenvalue weighted by atomic mass is 9.81. The van der Waals surface area contributed by atoms with Crippen molar-refractivity contribution >= 4 is 29.5 Å². The molecule has 57 heavy (non-hydrogen) atoms. The highest BCUT2D eigenvalue weighted by atomic mass is 16.6. The molecule has 3 heterocycles. The summed E-state index contributed by atoms with van der Waals surface area (Å²) >= 11 is 0. The Morgan fingerprint density at radius 1 is 0.930 bits per heavy atom. The van der Waals surface area contributed by atoms with Gasteiger partial charge in [0.05, 0.1) is 0 Å². The van der Waals surface area contributed by atoms with Crippen molar-refractivity contribution in [1.29, 1.82) is 0 Å². The van der Waals surface area contributed by atoms with Crippen molar-refractivity contribution in [2.75, 3.05) is 31.6 Å². The number of piperidine rings is 1. The Morgan fingerprint density at radius 3 is 2.19 bits per heavy atom. The quantitative estimate of drug-likeness (QED) is 0.155. The number of aromatic amines is 1. The molecule has 4 aromatic rings. The normalized spacial score (nSPS) is 18.3. The predicted octanol–water partition coefficient (Wildman–Crippen LogP) is 4.82. The molecule has 2 aromatic heterocycles. The fraction of sp³-hybridized carbons (Fsp3) is 0.476. The minimum Gasteiger partial charge on any atom is -0.444 e. The number of benzene rings is 2. The SMILES string of the molecule is Cc1nc(C(=O)NC2CCN(C)CC2)ccc1-c1ccc(C[C@@H](C(N)=O)N(C(=O)C2CCC(CNC(=O)OC(C)(C)C)CC2)c2ccc(-c3nn[nH]n3)cc2)cc1. The number of hydrogen-bond donors (Lipinski definition) is 4. The lowest BCUT2D eigenvalue weighted by Crippen LogP contribution is -2.52. The highest BCUT2D eigenvalue weighted by Crippen LogP contribution is 2.33. The molecule has 5 N–H and O–H groups in total. The van der Waals surface area contributed by atoms with E-state index in [2.05, 4.69) is 48.2 Å². The molecule has 0 bridgehead atoms. The van der Waals surface area contributed by atoms with Crippen molar-refractivity contribution in [1.82, 2.24) is 41.1 Å². The number of rotatable bonds is 12. The van der Waals surface area contributed by atoms with Crippen molar-refractivity contribution in [2.45, 2.75) is 90.3 Å². The van der Waals surface area contributed by atoms with Crippen LogP contribution in [0.3, 0.4) is 0 Å². The number of nitrogens with one attached hydrogen (secondary N) is 3. The zero-order valence-electron chi connectivity index (χ0n) is 33.5. The number of pyridine rings is 1. The van der Waals surface area contributed by atoms with E-state index in [0.717, 1.165) is 61.2 Å². The van der Waals surface area contributed by atoms with Gasteiger partial charge in [0, 0.05) is 47.4 Å². The average molecular weight is 779 g/mol. The van der Waals surface area contributed by atoms with E-state index in [1.165, 1.54) is 0 Å². The van der Waals surface area contributed by atoms with E-state index < -0.39 is 23.6 Å². The third-order valence-corrected chi connectivity index (χ3v) is 10.8. The average Bonchev–Trinajstić information content (AvgIpc) is 3.73. The number of ether oxygens (including phenoxy) is 1. The van der Waals surface area contributed by atoms with Crippen LogP contribution in [0.4, 0.5) is 10.5 Å². The van der Waals surface area contributed by atoms with E-state index in [0.29, 0.717) is 42.2 Å². The summed E-state index contributed by atoms with van der Waals surface area (Å²) in [7, 11) is 2.09. The summed E-state index contributed by atoms with van der Waals surface area (Å²) in [5.74, 6) is -0.708. The number of likely N-dealkylation sites (tertiary alicyclic amines) is 1. The van der Waals surface area contributed by atoms with Gasteiger partial charge in [-0.15, -0.1) is 10.2 Å². The number of nitrogens with two attached hydrogens (primary N) is 1. The molecule has 302 valence electrons. The second-order valence-electron chi connectivity index (χ2n) is 16.3. The fourth-order valence-electron chi connectivity index (χ4n) is 7.64. The summed E-state index contributed by atoms with van der Waals surface area (Å²) in [6.45, 7) is 9.72. The largest absolute Gasteiger partial charge is 0.444 e. The fourth-order valence-corrected chi connectivity index (χ4v) is 7.64. The van der Waals surface area contributed by atoms with Crippen LogP contribution in [0.15, 0.2) is 60.7 Å². The van der Waals surface area contributed by atoms with Crippen LogP contribution in [0, 0.1) is 18.8 Å². The Morgan fingerprint density at radius 2 is 1.60 bits per heavy atom. The zero-order chi connectivity index (χ0) is 40.7. The molecule has 1 aliphatic heterocycles. The van der Waals surface area contributed by atoms with Gasteiger partial charge in [-0.1, -0.05) is 30.3 Å². The van der Waals surface area contributed by atoms with E-state index in [1.807, 2.05) is 58.0 Å². The summed E-state index contributed by atoms with van der Waals surface area (Å²) in [6, 6.07) is 17.7. The smallest absolute Gasteiger partial charge is 0.407 e. The minimum atomic E-state index is -0.975. The van der Waals surface area contributed by atoms with Crippen LogP contribution in [0.5, 0.6) is 0 Å². The zero-order valence-corrected chi connectivity index (χ0v) is 33.5. The lowest BCUT2D eigenvalue weighted by Gasteiger charge is -2.36. The first-order valence-corrected chi connectivity index (χ1v) is 19.7. The number of aromatic nitrogens is 5. The van der Waals surface area contributed by atoms with E-state index in [1.54, 1.807) is 35.2 Å². The molecule has 2 aromatic carbocycles. The van der Waals surface area contributed by atoms with Crippen LogP contribution in [0.25, 0.3) is 22.5 Å². The van der Waals surface area contributed by atoms with Crippen LogP contribution >= 0.6 is 0 Å². The van der Waals surface area contributed by atoms with E-state index in [9.17, 15) is 19.2 Å². The topological polar surface area (TPSA) is 201 Å². The lowest BCUT2D eigenvalue weighted by molar-refractivity contribution is -0.127. The second kappa shape index (κ2) is 18.0. The molecule has 15 nitrogen and oxygen atoms in total. The Balaban J connectivity index is 1.16. The summed E-state index contributed by atoms with van der Waals surface area (Å²) in [4.78, 5) is 61.5. The number of H-pyrrole nitrogens is 1. The standard InChI is InChI=1S/C42H54N10O5/c1-26-34(18-19-35(45-26)39(54)46-32-20-22-51(5)23-21-32)29-10-6-27(7-11-29)24-36(37(43)53)52(33-16-14-30(15-17-33)38-47-49-50-48-38)40(55)31-12-8-28(9-13-31)25-44-41(56)57-42(2,3)4/h6-7,10-11,14-19,28,31-32,36H,8-9,12-13,20-25H2,1-5H3,(H2,43,53)(H,44,56)(H,46,54)(H,47,48,49,50)/t28?,31?,36-/m0/s1. The third-order valence-electron chi connectivity index (χ3n) is 10.8. The summed E-state index contributed by atoms with van der Waals surface area (Å²) < 4.78 is 5.38. The van der Waals surface area contributed by atoms with Gasteiger partial charge in [0.15, 0.2) is 0 Å². The number of amides is 4. The van der Waals surface area contributed by atoms with Gasteiger partial charge in [-0.2, -0.15) is 5.21 Å². The molecule has 0 radical (unpaired) electrons. The molecule has 2 fully saturated rings. The molecule has 15 heteroatoms. The van der Waals surface area contributed by atoms with Gasteiger partial charge >= 0.3 is 6.09 Å². The minimum absolute atomic E-state index is 0.143. The Labute approximate surface area is 333 Å². The highest BCUT2D eigenvalue weighted by molar-refractivity contribution is 6.02. The molecular weight excluding hydrogens is 725 g/mol. The first-order valence-electron chi connectivity index (χ1n) is 19.7. The van der Waals surface area contributed by atoms with Gasteiger partial charge in [0.1, 0.15) is 17.3 Å². The van der Waals surface area contributed by atoms with Crippen molar-refractivity contribution in [2.24, 2.45) is 17.6 Å².